The van der Waals surface area contributed by atoms with E-state index in [4.69, 9.17) is 33.9 Å². The number of nitrogen functional groups attached to an aromatic ring is 5. The number of imidazole rings is 5. The predicted octanol–water partition coefficient (Wildman–Crippen LogP) is 14.2. The maximum absolute atomic E-state index is 12.8. The molecule has 0 atom stereocenters. The van der Waals surface area contributed by atoms with Crippen molar-refractivity contribution >= 4 is 131 Å². The van der Waals surface area contributed by atoms with E-state index in [1.54, 1.807) is 18.1 Å². The van der Waals surface area contributed by atoms with E-state index in [0.717, 1.165) is 121 Å². The zero-order valence-corrected chi connectivity index (χ0v) is 71.3. The van der Waals surface area contributed by atoms with Crippen molar-refractivity contribution < 1.29 is 48.7 Å². The third-order valence-corrected chi connectivity index (χ3v) is 20.3. The summed E-state index contributed by atoms with van der Waals surface area (Å²) in [5.74, 6) is 2.35. The number of anilines is 8. The van der Waals surface area contributed by atoms with Crippen LogP contribution in [-0.4, -0.2) is 211 Å². The Hall–Kier alpha value is -17.2. The lowest BCUT2D eigenvalue weighted by Crippen LogP contribution is -2.44. The van der Waals surface area contributed by atoms with E-state index >= 15 is 0 Å². The molecule has 12 heterocycles. The topological polar surface area (TPSA) is 571 Å². The van der Waals surface area contributed by atoms with Crippen molar-refractivity contribution in [2.24, 2.45) is 0 Å². The maximum atomic E-state index is 12.8. The number of nitrogens with two attached hydrogens (primary N) is 5. The number of carbonyl (C=O) groups excluding carboxylic acids is 5. The number of esters is 1. The number of H-pyrrole nitrogens is 5. The molecule has 0 radical (unpaired) electrons. The third kappa shape index (κ3) is 20.1. The van der Waals surface area contributed by atoms with Crippen molar-refractivity contribution in [3.8, 4) is 63.7 Å². The van der Waals surface area contributed by atoms with Gasteiger partial charge in [0, 0.05) is 72.0 Å². The van der Waals surface area contributed by atoms with Crippen molar-refractivity contribution in [2.75, 3.05) is 111 Å². The third-order valence-electron chi connectivity index (χ3n) is 20.3. The molecule has 1 fully saturated rings. The van der Waals surface area contributed by atoms with Gasteiger partial charge in [0.05, 0.1) is 111 Å². The normalized spacial score (nSPS) is 11.7. The zero-order chi connectivity index (χ0) is 90.6. The van der Waals surface area contributed by atoms with Crippen molar-refractivity contribution in [3.63, 3.8) is 0 Å². The van der Waals surface area contributed by atoms with E-state index in [0.29, 0.717) is 76.4 Å². The molecule has 18 rings (SSSR count). The van der Waals surface area contributed by atoms with Gasteiger partial charge in [0.1, 0.15) is 63.6 Å². The lowest BCUT2D eigenvalue weighted by molar-refractivity contribution is 0.0592. The smallest absolute Gasteiger partial charge is 0.358 e. The van der Waals surface area contributed by atoms with Crippen LogP contribution in [0.1, 0.15) is 114 Å². The number of carbonyl (C=O) groups is 5. The van der Waals surface area contributed by atoms with E-state index in [2.05, 4.69) is 137 Å². The molecule has 4 amide bonds. The monoisotopic (exact) mass is 1740 g/mol. The van der Waals surface area contributed by atoms with Gasteiger partial charge >= 0.3 is 5.97 Å². The Bertz CT molecular complexity index is 7110. The summed E-state index contributed by atoms with van der Waals surface area (Å²) in [4.78, 5) is 154. The Morgan fingerprint density at radius 3 is 1.13 bits per heavy atom. The number of para-hydroxylation sites is 1. The molecule has 0 aliphatic carbocycles. The highest BCUT2D eigenvalue weighted by molar-refractivity contribution is 6.05. The van der Waals surface area contributed by atoms with Gasteiger partial charge in [0.15, 0.2) is 63.9 Å². The largest absolute Gasteiger partial charge is 0.464 e. The number of aromatic nitrogens is 21. The number of nitrogens with zero attached hydrogens (tertiary/aromatic N) is 21. The first-order valence-electron chi connectivity index (χ1n) is 40.2. The summed E-state index contributed by atoms with van der Waals surface area (Å²) < 4.78 is 4.63. The highest BCUT2D eigenvalue weighted by Gasteiger charge is 2.25. The molecule has 39 nitrogen and oxygen atoms in total. The van der Waals surface area contributed by atoms with Gasteiger partial charge in [0.25, 0.3) is 23.6 Å². The van der Waals surface area contributed by atoms with Gasteiger partial charge in [-0.2, -0.15) is 5.26 Å². The number of nitriles is 1. The molecule has 1 saturated heterocycles. The SMILES string of the molecule is CCN(CC)C(=O)c1cnc(N)c(-c2nc3ccc(C)cc3[nH]2)n1.COC(=O)c1cnc(N)c(-c2nc3ccc(C)cc3[nH]2)n1.Cc1ccc2nc(-c3nc(C(=O)N(C)c4ccccc4)cnc3N)[nH]c2c1.Cc1ccc2nc(-c3nc(C(=O)NCC#N)cnc3N)[nH]c2c1.Cc1ccc2nc(-c3nc(C(=O)Nc4ccc(N5CCN(C)CC5)nc4)cnc3N)[nH]c2c1.[HH].[HH].[HH].[HH].[HH].[HH].[HH].[HH].[HH].[HH].[HH].[HH].[HH].[HH]. The number of likely N-dealkylation sites (N-methyl/N-ethyl adjacent to an activating group) is 1. The minimum absolute atomic E-state index is 0. The van der Waals surface area contributed by atoms with Crippen LogP contribution < -0.4 is 49.1 Å². The number of nitrogens with one attached hydrogen (secondary N) is 7. The average molecular weight is 1750 g/mol. The number of aromatic amines is 5. The first-order valence-corrected chi connectivity index (χ1v) is 40.2. The number of pyridine rings is 1. The number of piperazine rings is 1. The number of benzene rings is 6. The van der Waals surface area contributed by atoms with E-state index in [-0.39, 0.29) is 95.9 Å². The molecule has 17 aromatic rings. The van der Waals surface area contributed by atoms with Crippen LogP contribution in [0, 0.1) is 45.9 Å². The fraction of sp³-hybridized carbons (Fsp3) is 0.191. The number of ether oxygens (including phenoxy) is 1. The summed E-state index contributed by atoms with van der Waals surface area (Å²) in [5.41, 5.74) is 47.4. The molecule has 128 heavy (non-hydrogen) atoms. The lowest BCUT2D eigenvalue weighted by atomic mass is 10.2. The van der Waals surface area contributed by atoms with Crippen LogP contribution in [0.3, 0.4) is 0 Å². The van der Waals surface area contributed by atoms with Crippen LogP contribution in [0.4, 0.5) is 46.3 Å². The van der Waals surface area contributed by atoms with Crippen molar-refractivity contribution in [3.05, 3.63) is 227 Å². The molecule has 39 heteroatoms. The highest BCUT2D eigenvalue weighted by atomic mass is 16.5. The number of amides is 4. The molecule has 0 spiro atoms. The van der Waals surface area contributed by atoms with Crippen molar-refractivity contribution in [1.82, 2.24) is 120 Å². The van der Waals surface area contributed by atoms with E-state index in [1.807, 2.05) is 188 Å². The fourth-order valence-corrected chi connectivity index (χ4v) is 13.4. The lowest BCUT2D eigenvalue weighted by Gasteiger charge is -2.33. The molecular weight excluding hydrogens is 1630 g/mol. The number of aryl methyl sites for hydroxylation is 5. The summed E-state index contributed by atoms with van der Waals surface area (Å²) in [6.45, 7) is 18.8. The van der Waals surface area contributed by atoms with Crippen molar-refractivity contribution in [1.29, 1.82) is 5.26 Å². The standard InChI is InChI=1S/C23H25N9O.C20H18N6O.C17H20N6O.C15H13N7O.C14H13N5O2.14H2/c1-14-3-5-16-17(11-14)30-22(29-16)20-21(24)26-13-18(28-20)23(33)27-15-4-6-19(25-12-15)32-9-7-31(2)8-10-32;1-12-8-9-14-15(10-12)25-19(24-14)17-18(21)22-11-16(23-17)20(27)26(2)13-6-4-3-5-7-13;1-4-23(5-2)17(24)13-9-19-15(18)14(20-13)16-21-11-7-6-10(3)8-12(11)22-16;1-8-2-3-9-10(6-8)22-14(21-9)12-13(17)19-7-11(20-12)15(23)18-5-4-16;1-7-3-4-8-9(5-7)19-13(18-8)11-12(15)16-6-10(17-11)14(20)21-2;;;;;;;;;;;;;;/h3-6,11-13H,7-10H2,1-2H3,(H2,24,26)(H,27,33)(H,29,30);3-11H,1-2H3,(H2,21,22)(H,24,25);6-9H,4-5H2,1-3H3,(H2,18,19)(H,21,22);2-3,6-7H,5H2,1H3,(H2,17,19)(H,18,23)(H,21,22);3-6H,1-2H3,(H2,15,16)(H,18,19);14*1H. The van der Waals surface area contributed by atoms with Crippen LogP contribution in [0.15, 0.2) is 171 Å². The Balaban J connectivity index is 0.00000172. The summed E-state index contributed by atoms with van der Waals surface area (Å²) in [5, 5.41) is 13.7. The summed E-state index contributed by atoms with van der Waals surface area (Å²) in [7, 11) is 5.09. The number of methoxy groups -OCH3 is 1. The number of rotatable bonds is 16. The highest BCUT2D eigenvalue weighted by Crippen LogP contribution is 2.31. The second-order valence-electron chi connectivity index (χ2n) is 29.6. The van der Waals surface area contributed by atoms with Gasteiger partial charge in [-0.25, -0.2) is 84.5 Å². The van der Waals surface area contributed by atoms with Crippen LogP contribution in [0.25, 0.3) is 113 Å². The minimum Gasteiger partial charge on any atom is -0.464 e. The quantitative estimate of drug-likeness (QED) is 0.0316. The second kappa shape index (κ2) is 38.5. The Labute approximate surface area is 751 Å². The number of hydrogen-bond donors (Lipinski definition) is 12. The number of fused-ring (bicyclic) bond motifs is 5. The fourth-order valence-electron chi connectivity index (χ4n) is 13.4. The number of hydrogen-bond acceptors (Lipinski definition) is 30. The van der Waals surface area contributed by atoms with E-state index < -0.39 is 17.8 Å². The average Bonchev–Trinajstić information content (AvgIpc) is 1.66. The van der Waals surface area contributed by atoms with Crippen LogP contribution in [-0.2, 0) is 4.74 Å². The molecule has 1 aliphatic heterocycles. The Morgan fingerprint density at radius 1 is 0.438 bits per heavy atom. The maximum Gasteiger partial charge on any atom is 0.358 e. The van der Waals surface area contributed by atoms with Crippen LogP contribution >= 0.6 is 0 Å². The van der Waals surface area contributed by atoms with Gasteiger partial charge in [-0.15, -0.1) is 0 Å². The Kier molecular flexibility index (Phi) is 26.2. The first-order chi connectivity index (χ1) is 61.7. The van der Waals surface area contributed by atoms with E-state index in [1.165, 1.54) is 43.0 Å². The molecule has 1 aliphatic rings. The summed E-state index contributed by atoms with van der Waals surface area (Å²) >= 11 is 0. The molecular formula is C89H117N33O6. The van der Waals surface area contributed by atoms with Crippen molar-refractivity contribution in [2.45, 2.75) is 48.5 Å². The summed E-state index contributed by atoms with van der Waals surface area (Å²) in [6.07, 6.45) is 8.33. The molecule has 11 aromatic heterocycles. The second-order valence-corrected chi connectivity index (χ2v) is 29.6. The molecule has 0 unspecified atom stereocenters. The molecule has 6 aromatic carbocycles. The van der Waals surface area contributed by atoms with Gasteiger partial charge in [-0.3, -0.25) is 19.2 Å². The van der Waals surface area contributed by atoms with Crippen LogP contribution in [0.5, 0.6) is 0 Å². The van der Waals surface area contributed by atoms with Crippen LogP contribution in [0.2, 0.25) is 0 Å². The molecule has 0 saturated carbocycles. The molecule has 674 valence electrons. The predicted molar refractivity (Wildman–Crippen MR) is 519 cm³/mol. The first kappa shape index (κ1) is 87.2. The zero-order valence-electron chi connectivity index (χ0n) is 71.3. The Morgan fingerprint density at radius 2 is 0.781 bits per heavy atom. The van der Waals surface area contributed by atoms with Gasteiger partial charge in [-0.1, -0.05) is 48.5 Å². The van der Waals surface area contributed by atoms with Gasteiger partial charge in [-0.05, 0) is 168 Å². The van der Waals surface area contributed by atoms with Gasteiger partial charge in [0.2, 0.25) is 0 Å². The molecule has 17 N–H and O–H groups in total. The van der Waals surface area contributed by atoms with Gasteiger partial charge < -0.3 is 88.6 Å². The van der Waals surface area contributed by atoms with E-state index in [9.17, 15) is 24.0 Å². The summed E-state index contributed by atoms with van der Waals surface area (Å²) in [6, 6.07) is 44.3. The minimum atomic E-state index is -0.573. The molecule has 0 bridgehead atoms.